The molecule has 0 heterocycles. The van der Waals surface area contributed by atoms with Gasteiger partial charge in [-0.05, 0) is 100.0 Å². The second kappa shape index (κ2) is 20.5. The summed E-state index contributed by atoms with van der Waals surface area (Å²) in [5.74, 6) is -1.53. The van der Waals surface area contributed by atoms with Gasteiger partial charge in [-0.2, -0.15) is 0 Å². The quantitative estimate of drug-likeness (QED) is 0.0847. The molecule has 0 radical (unpaired) electrons. The lowest BCUT2D eigenvalue weighted by Gasteiger charge is -2.24. The number of esters is 1. The van der Waals surface area contributed by atoms with E-state index in [9.17, 15) is 24.0 Å². The van der Waals surface area contributed by atoms with Crippen molar-refractivity contribution in [2.45, 2.75) is 143 Å². The topological polar surface area (TPSA) is 158 Å². The number of unbranched alkanes of at least 4 members (excludes halogenated alkanes) is 3. The predicted molar refractivity (Wildman–Crippen MR) is 183 cm³/mol. The first-order chi connectivity index (χ1) is 22.2. The van der Waals surface area contributed by atoms with E-state index in [0.29, 0.717) is 51.6 Å². The zero-order valence-electron chi connectivity index (χ0n) is 30.5. The Bertz CT molecular complexity index is 1150. The summed E-state index contributed by atoms with van der Waals surface area (Å²) in [6, 6.07) is 8.38. The SMILES string of the molecule is CC(C)(C)OC(=O)NCCCCC[C@H](CC(=O)[C@H](CCCCNC(=O)OC(C)(C)C)NC(=O)OC(C)(C)C)C(=O)OCc1ccccc1. The first kappa shape index (κ1) is 42.2. The molecule has 48 heavy (non-hydrogen) atoms. The van der Waals surface area contributed by atoms with E-state index in [4.69, 9.17) is 18.9 Å². The van der Waals surface area contributed by atoms with Crippen LogP contribution < -0.4 is 16.0 Å². The average Bonchev–Trinajstić information content (AvgIpc) is 2.93. The molecular weight excluding hydrogens is 618 g/mol. The largest absolute Gasteiger partial charge is 0.461 e. The molecule has 272 valence electrons. The van der Waals surface area contributed by atoms with E-state index < -0.39 is 53.0 Å². The lowest BCUT2D eigenvalue weighted by atomic mass is 9.91. The minimum atomic E-state index is -0.899. The van der Waals surface area contributed by atoms with Gasteiger partial charge >= 0.3 is 24.2 Å². The molecule has 3 N–H and O–H groups in total. The van der Waals surface area contributed by atoms with Gasteiger partial charge in [-0.25, -0.2) is 14.4 Å². The molecule has 3 amide bonds. The summed E-state index contributed by atoms with van der Waals surface area (Å²) in [4.78, 5) is 63.5. The van der Waals surface area contributed by atoms with Crippen LogP contribution in [0.4, 0.5) is 14.4 Å². The second-order valence-corrected chi connectivity index (χ2v) is 14.9. The molecule has 12 nitrogen and oxygen atoms in total. The van der Waals surface area contributed by atoms with Crippen molar-refractivity contribution >= 4 is 30.0 Å². The van der Waals surface area contributed by atoms with Gasteiger partial charge in [0.15, 0.2) is 5.78 Å². The standard InChI is InChI=1S/C36H59N3O9/c1-34(2,3)46-31(42)37-22-16-11-14-20-27(30(41)45-25-26-18-12-10-13-19-26)24-29(40)28(39-33(44)48-36(7,8)9)21-15-17-23-38-32(43)47-35(4,5)6/h10,12-13,18-19,27-28H,11,14-17,20-25H2,1-9H3,(H,37,42)(H,38,43)(H,39,44)/t27-,28+/m1/s1. The minimum Gasteiger partial charge on any atom is -0.461 e. The number of amides is 3. The van der Waals surface area contributed by atoms with E-state index in [0.717, 1.165) is 5.56 Å². The van der Waals surface area contributed by atoms with Gasteiger partial charge < -0.3 is 34.9 Å². The lowest BCUT2D eigenvalue weighted by Crippen LogP contribution is -2.44. The first-order valence-electron chi connectivity index (χ1n) is 16.9. The number of hydrogen-bond donors (Lipinski definition) is 3. The number of benzene rings is 1. The zero-order valence-corrected chi connectivity index (χ0v) is 30.5. The maximum Gasteiger partial charge on any atom is 0.408 e. The van der Waals surface area contributed by atoms with Crippen molar-refractivity contribution in [2.75, 3.05) is 13.1 Å². The van der Waals surface area contributed by atoms with Crippen LogP contribution in [0.5, 0.6) is 0 Å². The number of carbonyl (C=O) groups excluding carboxylic acids is 5. The average molecular weight is 678 g/mol. The third-order valence-electron chi connectivity index (χ3n) is 6.57. The zero-order chi connectivity index (χ0) is 36.4. The molecule has 0 unspecified atom stereocenters. The van der Waals surface area contributed by atoms with E-state index >= 15 is 0 Å². The van der Waals surface area contributed by atoms with Crippen LogP contribution in [0.2, 0.25) is 0 Å². The van der Waals surface area contributed by atoms with Crippen LogP contribution in [0.15, 0.2) is 30.3 Å². The van der Waals surface area contributed by atoms with E-state index in [-0.39, 0.29) is 25.2 Å². The van der Waals surface area contributed by atoms with E-state index in [1.54, 1.807) is 62.3 Å². The molecule has 0 bridgehead atoms. The normalized spacial score (nSPS) is 13.0. The number of alkyl carbamates (subject to hydrolysis) is 3. The van der Waals surface area contributed by atoms with Crippen molar-refractivity contribution in [3.63, 3.8) is 0 Å². The van der Waals surface area contributed by atoms with Crippen LogP contribution in [0.1, 0.15) is 119 Å². The molecule has 1 rings (SSSR count). The number of ether oxygens (including phenoxy) is 4. The van der Waals surface area contributed by atoms with Crippen molar-refractivity contribution < 1.29 is 42.9 Å². The molecule has 1 aromatic rings. The van der Waals surface area contributed by atoms with E-state index in [1.165, 1.54) is 0 Å². The van der Waals surface area contributed by atoms with Crippen molar-refractivity contribution in [1.82, 2.24) is 16.0 Å². The summed E-state index contributed by atoms with van der Waals surface area (Å²) in [5.41, 5.74) is -1.14. The van der Waals surface area contributed by atoms with Crippen LogP contribution in [0.25, 0.3) is 0 Å². The van der Waals surface area contributed by atoms with Gasteiger partial charge in [-0.3, -0.25) is 9.59 Å². The molecule has 0 aliphatic carbocycles. The van der Waals surface area contributed by atoms with E-state index in [1.807, 2.05) is 30.3 Å². The van der Waals surface area contributed by atoms with Crippen LogP contribution in [-0.2, 0) is 35.1 Å². The summed E-state index contributed by atoms with van der Waals surface area (Å²) in [7, 11) is 0. The molecule has 1 aromatic carbocycles. The maximum atomic E-state index is 13.7. The fourth-order valence-electron chi connectivity index (χ4n) is 4.47. The van der Waals surface area contributed by atoms with Crippen LogP contribution in [0.3, 0.4) is 0 Å². The summed E-state index contributed by atoms with van der Waals surface area (Å²) < 4.78 is 21.5. The third-order valence-corrected chi connectivity index (χ3v) is 6.57. The fourth-order valence-corrected chi connectivity index (χ4v) is 4.47. The number of ketones is 1. The van der Waals surface area contributed by atoms with Gasteiger partial charge in [0.05, 0.1) is 12.0 Å². The van der Waals surface area contributed by atoms with Gasteiger partial charge in [0.1, 0.15) is 23.4 Å². The molecule has 0 saturated carbocycles. The highest BCUT2D eigenvalue weighted by Gasteiger charge is 2.30. The summed E-state index contributed by atoms with van der Waals surface area (Å²) >= 11 is 0. The van der Waals surface area contributed by atoms with Gasteiger partial charge in [0.2, 0.25) is 0 Å². The van der Waals surface area contributed by atoms with Gasteiger partial charge in [0.25, 0.3) is 0 Å². The van der Waals surface area contributed by atoms with Gasteiger partial charge in [0, 0.05) is 19.5 Å². The Morgan fingerprint density at radius 3 is 1.62 bits per heavy atom. The second-order valence-electron chi connectivity index (χ2n) is 14.9. The highest BCUT2D eigenvalue weighted by molar-refractivity contribution is 5.90. The van der Waals surface area contributed by atoms with Gasteiger partial charge in [-0.15, -0.1) is 0 Å². The number of hydrogen-bond acceptors (Lipinski definition) is 9. The smallest absolute Gasteiger partial charge is 0.408 e. The summed E-state index contributed by atoms with van der Waals surface area (Å²) in [6.45, 7) is 16.7. The Morgan fingerprint density at radius 1 is 0.625 bits per heavy atom. The molecule has 0 fully saturated rings. The monoisotopic (exact) mass is 677 g/mol. The molecule has 0 saturated heterocycles. The Morgan fingerprint density at radius 2 is 1.10 bits per heavy atom. The minimum absolute atomic E-state index is 0.0778. The molecule has 2 atom stereocenters. The first-order valence-corrected chi connectivity index (χ1v) is 16.9. The summed E-state index contributed by atoms with van der Waals surface area (Å²) in [5, 5.41) is 8.11. The van der Waals surface area contributed by atoms with Crippen LogP contribution in [0, 0.1) is 5.92 Å². The molecule has 0 aromatic heterocycles. The highest BCUT2D eigenvalue weighted by atomic mass is 16.6. The molecular formula is C36H59N3O9. The fraction of sp³-hybridized carbons (Fsp3) is 0.694. The summed E-state index contributed by atoms with van der Waals surface area (Å²) in [6.07, 6.45) is 1.85. The Hall–Kier alpha value is -3.83. The number of rotatable bonds is 18. The van der Waals surface area contributed by atoms with Gasteiger partial charge in [-0.1, -0.05) is 43.2 Å². The van der Waals surface area contributed by atoms with Crippen molar-refractivity contribution in [3.8, 4) is 0 Å². The molecule has 0 aliphatic rings. The highest BCUT2D eigenvalue weighted by Crippen LogP contribution is 2.20. The molecule has 0 spiro atoms. The third kappa shape index (κ3) is 21.9. The Labute approximate surface area is 286 Å². The lowest BCUT2D eigenvalue weighted by molar-refractivity contribution is -0.152. The van der Waals surface area contributed by atoms with Crippen LogP contribution in [-0.4, -0.2) is 66.0 Å². The van der Waals surface area contributed by atoms with Crippen molar-refractivity contribution in [2.24, 2.45) is 5.92 Å². The molecule has 0 aliphatic heterocycles. The number of carbonyl (C=O) groups is 5. The number of nitrogens with one attached hydrogen (secondary N) is 3. The van der Waals surface area contributed by atoms with Crippen molar-refractivity contribution in [1.29, 1.82) is 0 Å². The Kier molecular flexibility index (Phi) is 18.0. The Balaban J connectivity index is 2.88. The van der Waals surface area contributed by atoms with Crippen molar-refractivity contribution in [3.05, 3.63) is 35.9 Å². The molecule has 12 heteroatoms. The van der Waals surface area contributed by atoms with Crippen LogP contribution >= 0.6 is 0 Å². The maximum absolute atomic E-state index is 13.7. The predicted octanol–water partition coefficient (Wildman–Crippen LogP) is 6.98. The number of Topliss-reactive ketones (excluding diaryl/α,β-unsaturated/α-hetero) is 1. The van der Waals surface area contributed by atoms with E-state index in [2.05, 4.69) is 16.0 Å².